The second-order valence-electron chi connectivity index (χ2n) is 5.39. The van der Waals surface area contributed by atoms with Crippen LogP contribution in [0.5, 0.6) is 0 Å². The molecule has 4 nitrogen and oxygen atoms in total. The monoisotopic (exact) mass is 338 g/mol. The molecule has 0 unspecified atom stereocenters. The lowest BCUT2D eigenvalue weighted by Gasteiger charge is -2.30. The van der Waals surface area contributed by atoms with E-state index in [1.807, 2.05) is 13.8 Å². The van der Waals surface area contributed by atoms with Crippen LogP contribution >= 0.6 is 7.14 Å². The first-order valence-corrected chi connectivity index (χ1v) is 12.7. The summed E-state index contributed by atoms with van der Waals surface area (Å²) in [4.78, 5) is 0. The third kappa shape index (κ3) is 8.51. The Morgan fingerprint density at radius 2 is 1.14 bits per heavy atom. The Kier molecular flexibility index (Phi) is 12.0. The first kappa shape index (κ1) is 21.3. The van der Waals surface area contributed by atoms with Crippen LogP contribution in [0.15, 0.2) is 0 Å². The van der Waals surface area contributed by atoms with E-state index in [0.29, 0.717) is 32.0 Å². The normalized spacial score (nSPS) is 12.8. The molecule has 0 saturated carbocycles. The molecule has 0 amide bonds. The third-order valence-corrected chi connectivity index (χ3v) is 10.1. The van der Waals surface area contributed by atoms with Crippen molar-refractivity contribution in [3.63, 3.8) is 0 Å². The molecule has 0 fully saturated rings. The minimum Gasteiger partial charge on any atom is -0.373 e. The lowest BCUT2D eigenvalue weighted by molar-refractivity contribution is 0.0605. The van der Waals surface area contributed by atoms with Crippen LogP contribution in [0, 0.1) is 0 Å². The van der Waals surface area contributed by atoms with Gasteiger partial charge in [0.25, 0.3) is 0 Å². The van der Waals surface area contributed by atoms with Crippen LogP contribution in [0.3, 0.4) is 0 Å². The highest BCUT2D eigenvalue weighted by molar-refractivity contribution is 7.63. The summed E-state index contributed by atoms with van der Waals surface area (Å²) in [6.45, 7) is 12.2. The molecule has 0 aromatic rings. The van der Waals surface area contributed by atoms with E-state index in [9.17, 15) is 4.57 Å². The van der Waals surface area contributed by atoms with Gasteiger partial charge in [-0.05, 0) is 31.6 Å². The zero-order valence-corrected chi connectivity index (χ0v) is 16.5. The molecule has 0 radical (unpaired) electrons. The molecule has 0 heterocycles. The Bertz CT molecular complexity index is 270. The topological polar surface area (TPSA) is 44.8 Å². The van der Waals surface area contributed by atoms with Gasteiger partial charge < -0.3 is 17.8 Å². The molecule has 0 saturated heterocycles. The molecule has 0 aromatic carbocycles. The van der Waals surface area contributed by atoms with Crippen molar-refractivity contribution in [1.29, 1.82) is 0 Å². The maximum Gasteiger partial charge on any atom is 0.501 e. The molecule has 0 rings (SSSR count). The summed E-state index contributed by atoms with van der Waals surface area (Å²) in [6, 6.07) is 0.686. The second-order valence-corrected chi connectivity index (χ2v) is 12.0. The molecule has 6 heteroatoms. The second kappa shape index (κ2) is 11.8. The van der Waals surface area contributed by atoms with Gasteiger partial charge in [-0.2, -0.15) is 0 Å². The maximum atomic E-state index is 12.7. The first-order valence-electron chi connectivity index (χ1n) is 8.50. The van der Waals surface area contributed by atoms with Gasteiger partial charge in [0.15, 0.2) is 0 Å². The van der Waals surface area contributed by atoms with Crippen molar-refractivity contribution in [2.75, 3.05) is 38.3 Å². The van der Waals surface area contributed by atoms with Gasteiger partial charge in [-0.15, -0.1) is 0 Å². The van der Waals surface area contributed by atoms with Gasteiger partial charge in [0.2, 0.25) is 0 Å². The summed E-state index contributed by atoms with van der Waals surface area (Å²) in [7, 11) is -4.75. The minimum atomic E-state index is -2.67. The molecule has 0 aromatic heterocycles. The number of hydrogen-bond acceptors (Lipinski definition) is 4. The van der Waals surface area contributed by atoms with Crippen LogP contribution in [0.2, 0.25) is 6.04 Å². The van der Waals surface area contributed by atoms with Gasteiger partial charge in [-0.3, -0.25) is 0 Å². The van der Waals surface area contributed by atoms with Crippen molar-refractivity contribution in [3.05, 3.63) is 0 Å². The molecule has 0 aliphatic rings. The van der Waals surface area contributed by atoms with E-state index in [1.54, 1.807) is 0 Å². The molecule has 0 aliphatic heterocycles. The largest absolute Gasteiger partial charge is 0.501 e. The molecule has 0 bridgehead atoms. The highest BCUT2D eigenvalue weighted by Gasteiger charge is 2.42. The molecule has 0 spiro atoms. The molecule has 0 N–H and O–H groups in total. The van der Waals surface area contributed by atoms with E-state index in [4.69, 9.17) is 13.3 Å². The highest BCUT2D eigenvalue weighted by Crippen LogP contribution is 2.46. The van der Waals surface area contributed by atoms with Crippen molar-refractivity contribution in [3.8, 4) is 0 Å². The Hall–Kier alpha value is 0.327. The minimum absolute atomic E-state index is 0.655. The quantitative estimate of drug-likeness (QED) is 0.343. The van der Waals surface area contributed by atoms with Gasteiger partial charge in [0, 0.05) is 32.0 Å². The molecule has 0 atom stereocenters. The summed E-state index contributed by atoms with van der Waals surface area (Å²) in [6.07, 6.45) is 5.02. The molecular weight excluding hydrogens is 303 g/mol. The Labute approximate surface area is 132 Å². The van der Waals surface area contributed by atoms with E-state index in [2.05, 4.69) is 20.8 Å². The average molecular weight is 339 g/mol. The summed E-state index contributed by atoms with van der Waals surface area (Å²) >= 11 is 0. The average Bonchev–Trinajstić information content (AvgIpc) is 2.53. The molecule has 128 valence electrons. The Morgan fingerprint density at radius 1 is 0.762 bits per heavy atom. The smallest absolute Gasteiger partial charge is 0.373 e. The van der Waals surface area contributed by atoms with Crippen LogP contribution < -0.4 is 0 Å². The predicted octanol–water partition coefficient (Wildman–Crippen LogP) is 4.61. The molecule has 21 heavy (non-hydrogen) atoms. The van der Waals surface area contributed by atoms with Crippen molar-refractivity contribution in [1.82, 2.24) is 0 Å². The molecule has 0 aliphatic carbocycles. The fraction of sp³-hybridized carbons (Fsp3) is 1.00. The fourth-order valence-corrected chi connectivity index (χ4v) is 8.03. The Balaban J connectivity index is 4.89. The highest BCUT2D eigenvalue weighted by atomic mass is 31.2. The van der Waals surface area contributed by atoms with Crippen molar-refractivity contribution in [2.45, 2.75) is 59.9 Å². The van der Waals surface area contributed by atoms with Gasteiger partial charge in [-0.25, -0.2) is 0 Å². The zero-order chi connectivity index (χ0) is 16.2. The van der Waals surface area contributed by atoms with Gasteiger partial charge in [0.1, 0.15) is 0 Å². The van der Waals surface area contributed by atoms with Gasteiger partial charge in [-0.1, -0.05) is 34.6 Å². The van der Waals surface area contributed by atoms with Gasteiger partial charge >= 0.3 is 8.80 Å². The summed E-state index contributed by atoms with van der Waals surface area (Å²) in [5.41, 5.74) is 0. The van der Waals surface area contributed by atoms with E-state index in [1.165, 1.54) is 0 Å². The standard InChI is InChI=1S/C15H35O4PSi/c1-6-11-17-21(18-12-7-2,19-13-8-3)15-14-20(16,9-4)10-5/h6-15H2,1-5H3. The summed E-state index contributed by atoms with van der Waals surface area (Å²) in [5.74, 6) is 0. The van der Waals surface area contributed by atoms with E-state index < -0.39 is 15.9 Å². The Morgan fingerprint density at radius 3 is 1.43 bits per heavy atom. The van der Waals surface area contributed by atoms with Crippen LogP contribution in [-0.4, -0.2) is 47.1 Å². The van der Waals surface area contributed by atoms with Crippen molar-refractivity contribution < 1.29 is 17.8 Å². The van der Waals surface area contributed by atoms with E-state index >= 15 is 0 Å². The fourth-order valence-electron chi connectivity index (χ4n) is 1.99. The van der Waals surface area contributed by atoms with Gasteiger partial charge in [0.05, 0.1) is 7.14 Å². The predicted molar refractivity (Wildman–Crippen MR) is 92.8 cm³/mol. The third-order valence-electron chi connectivity index (χ3n) is 3.56. The van der Waals surface area contributed by atoms with Crippen LogP contribution in [0.1, 0.15) is 53.9 Å². The van der Waals surface area contributed by atoms with Crippen LogP contribution in [-0.2, 0) is 17.8 Å². The van der Waals surface area contributed by atoms with E-state index in [0.717, 1.165) is 31.6 Å². The molecular formula is C15H35O4PSi. The van der Waals surface area contributed by atoms with Crippen molar-refractivity contribution >= 4 is 15.9 Å². The number of hydrogen-bond donors (Lipinski definition) is 0. The first-order chi connectivity index (χ1) is 10.0. The van der Waals surface area contributed by atoms with Crippen molar-refractivity contribution in [2.24, 2.45) is 0 Å². The zero-order valence-electron chi connectivity index (χ0n) is 14.7. The maximum absolute atomic E-state index is 12.7. The number of rotatable bonds is 14. The SMILES string of the molecule is CCCO[Si](CCP(=O)(CC)CC)(OCCC)OCCC. The van der Waals surface area contributed by atoms with E-state index in [-0.39, 0.29) is 0 Å². The summed E-state index contributed by atoms with van der Waals surface area (Å²) in [5, 5.41) is 0. The van der Waals surface area contributed by atoms with Crippen LogP contribution in [0.4, 0.5) is 0 Å². The summed E-state index contributed by atoms with van der Waals surface area (Å²) < 4.78 is 30.8. The lowest BCUT2D eigenvalue weighted by Crippen LogP contribution is -2.47. The van der Waals surface area contributed by atoms with Crippen LogP contribution in [0.25, 0.3) is 0 Å². The lowest BCUT2D eigenvalue weighted by atomic mass is 10.5.